The summed E-state index contributed by atoms with van der Waals surface area (Å²) in [6.45, 7) is 12.0. The second-order valence-electron chi connectivity index (χ2n) is 14.8. The molecule has 0 saturated heterocycles. The molecule has 3 N–H and O–H groups in total. The first-order valence-electron chi connectivity index (χ1n) is 18.0. The third kappa shape index (κ3) is 18.7. The van der Waals surface area contributed by atoms with Crippen LogP contribution in [0.2, 0.25) is 0 Å². The fraction of sp³-hybridized carbons (Fsp3) is 0.538. The zero-order chi connectivity index (χ0) is 41.3. The van der Waals surface area contributed by atoms with Gasteiger partial charge in [-0.3, -0.25) is 23.4 Å². The highest BCUT2D eigenvalue weighted by molar-refractivity contribution is 7.84. The quantitative estimate of drug-likeness (QED) is 0.113. The standard InChI is InChI=1S/C39H56N4O11S/c1-10-51-37(49)52-28-18-16-27(17-19-28)24-30(42-36(48)54-39(5,6)7)34(46)40-29(21-23-55(9)50)33(45)41-31(25-26-14-12-11-13-15-26)35(47)43(8)22-20-32(44)53-38(2,3)4/h11-19,29-31H,10,20-25H2,1-9H3,(H,40,46)(H,41,45)(H,42,48)/t29-,30+,31+,55?/m1/s1. The highest BCUT2D eigenvalue weighted by atomic mass is 32.2. The van der Waals surface area contributed by atoms with Crippen LogP contribution in [0.5, 0.6) is 5.75 Å². The maximum absolute atomic E-state index is 14.0. The maximum Gasteiger partial charge on any atom is 0.513 e. The van der Waals surface area contributed by atoms with Crippen molar-refractivity contribution in [1.82, 2.24) is 20.9 Å². The van der Waals surface area contributed by atoms with Gasteiger partial charge in [0.15, 0.2) is 0 Å². The van der Waals surface area contributed by atoms with Gasteiger partial charge in [0.25, 0.3) is 0 Å². The summed E-state index contributed by atoms with van der Waals surface area (Å²) in [5.41, 5.74) is -0.272. The first-order chi connectivity index (χ1) is 25.6. The van der Waals surface area contributed by atoms with Gasteiger partial charge in [-0.05, 0) is 78.1 Å². The van der Waals surface area contributed by atoms with Crippen LogP contribution in [0.25, 0.3) is 0 Å². The Labute approximate surface area is 326 Å². The van der Waals surface area contributed by atoms with Crippen molar-refractivity contribution in [1.29, 1.82) is 0 Å². The van der Waals surface area contributed by atoms with Crippen LogP contribution in [0.15, 0.2) is 54.6 Å². The van der Waals surface area contributed by atoms with Crippen LogP contribution in [0.4, 0.5) is 9.59 Å². The highest BCUT2D eigenvalue weighted by Crippen LogP contribution is 2.16. The molecule has 0 fully saturated rings. The lowest BCUT2D eigenvalue weighted by Crippen LogP contribution is -2.58. The number of esters is 1. The normalized spacial score (nSPS) is 13.5. The number of hydrogen-bond donors (Lipinski definition) is 3. The summed E-state index contributed by atoms with van der Waals surface area (Å²) in [7, 11) is 0.164. The molecule has 0 bridgehead atoms. The first-order valence-corrected chi connectivity index (χ1v) is 19.7. The van der Waals surface area contributed by atoms with Gasteiger partial charge >= 0.3 is 18.2 Å². The summed E-state index contributed by atoms with van der Waals surface area (Å²) in [5.74, 6) is -2.20. The van der Waals surface area contributed by atoms with E-state index in [1.54, 1.807) is 84.9 Å². The number of carbonyl (C=O) groups excluding carboxylic acids is 6. The second-order valence-corrected chi connectivity index (χ2v) is 16.4. The fourth-order valence-electron chi connectivity index (χ4n) is 5.01. The van der Waals surface area contributed by atoms with Crippen LogP contribution in [0, 0.1) is 0 Å². The molecule has 1 unspecified atom stereocenters. The largest absolute Gasteiger partial charge is 0.513 e. The maximum atomic E-state index is 14.0. The molecule has 0 saturated carbocycles. The first kappa shape index (κ1) is 46.2. The van der Waals surface area contributed by atoms with Crippen molar-refractivity contribution in [2.45, 2.75) is 103 Å². The summed E-state index contributed by atoms with van der Waals surface area (Å²) >= 11 is 0. The number of nitrogens with zero attached hydrogens (tertiary/aromatic N) is 1. The molecule has 0 aromatic heterocycles. The van der Waals surface area contributed by atoms with E-state index in [1.807, 2.05) is 6.07 Å². The molecule has 55 heavy (non-hydrogen) atoms. The number of likely N-dealkylation sites (N-methyl/N-ethyl adjacent to an activating group) is 1. The molecule has 0 aliphatic rings. The molecule has 0 aliphatic carbocycles. The average Bonchev–Trinajstić information content (AvgIpc) is 3.07. The van der Waals surface area contributed by atoms with Gasteiger partial charge in [0.05, 0.1) is 13.0 Å². The Balaban J connectivity index is 2.36. The molecule has 2 aromatic carbocycles. The van der Waals surface area contributed by atoms with Crippen LogP contribution in [0.3, 0.4) is 0 Å². The molecular formula is C39H56N4O11S. The topological polar surface area (TPSA) is 196 Å². The van der Waals surface area contributed by atoms with E-state index in [9.17, 15) is 33.0 Å². The van der Waals surface area contributed by atoms with Crippen LogP contribution in [-0.4, -0.2) is 107 Å². The van der Waals surface area contributed by atoms with Gasteiger partial charge in [-0.2, -0.15) is 0 Å². The van der Waals surface area contributed by atoms with Gasteiger partial charge in [0, 0.05) is 49.2 Å². The molecule has 0 spiro atoms. The summed E-state index contributed by atoms with van der Waals surface area (Å²) < 4.78 is 32.8. The van der Waals surface area contributed by atoms with Crippen LogP contribution in [-0.2, 0) is 57.0 Å². The summed E-state index contributed by atoms with van der Waals surface area (Å²) in [4.78, 5) is 80.0. The third-order valence-corrected chi connectivity index (χ3v) is 8.32. The molecular weight excluding hydrogens is 733 g/mol. The molecule has 0 heterocycles. The predicted molar refractivity (Wildman–Crippen MR) is 207 cm³/mol. The number of benzene rings is 2. The van der Waals surface area contributed by atoms with Crippen molar-refractivity contribution in [2.24, 2.45) is 0 Å². The van der Waals surface area contributed by atoms with E-state index >= 15 is 0 Å². The van der Waals surface area contributed by atoms with E-state index < -0.39 is 76.1 Å². The van der Waals surface area contributed by atoms with Crippen molar-refractivity contribution in [3.63, 3.8) is 0 Å². The monoisotopic (exact) mass is 788 g/mol. The minimum Gasteiger partial charge on any atom is -0.460 e. The smallest absolute Gasteiger partial charge is 0.460 e. The molecule has 15 nitrogen and oxygen atoms in total. The van der Waals surface area contributed by atoms with Gasteiger partial charge < -0.3 is 39.8 Å². The Kier molecular flexibility index (Phi) is 18.3. The minimum atomic E-state index is -1.35. The van der Waals surface area contributed by atoms with Crippen LogP contribution >= 0.6 is 0 Å². The Morgan fingerprint density at radius 2 is 1.29 bits per heavy atom. The van der Waals surface area contributed by atoms with Crippen LogP contribution < -0.4 is 20.7 Å². The van der Waals surface area contributed by atoms with Gasteiger partial charge in [0.1, 0.15) is 35.1 Å². The van der Waals surface area contributed by atoms with Crippen molar-refractivity contribution in [2.75, 3.05) is 32.2 Å². The van der Waals surface area contributed by atoms with Gasteiger partial charge in [-0.15, -0.1) is 0 Å². The molecule has 4 atom stereocenters. The number of rotatable bonds is 18. The SMILES string of the molecule is CCOC(=O)Oc1ccc(C[C@H](NC(=O)OC(C)(C)C)C(=O)N[C@H](CCS(C)=O)C(=O)N[C@@H](Cc2ccccc2)C(=O)N(C)CCC(=O)OC(C)(C)C)cc1. The summed E-state index contributed by atoms with van der Waals surface area (Å²) in [6.07, 6.45) is -0.386. The zero-order valence-corrected chi connectivity index (χ0v) is 34.0. The van der Waals surface area contributed by atoms with Crippen molar-refractivity contribution in [3.05, 3.63) is 65.7 Å². The summed E-state index contributed by atoms with van der Waals surface area (Å²) in [5, 5.41) is 8.02. The Bertz CT molecular complexity index is 1620. The Morgan fingerprint density at radius 1 is 0.745 bits per heavy atom. The molecule has 4 amide bonds. The van der Waals surface area contributed by atoms with Crippen LogP contribution in [0.1, 0.15) is 72.4 Å². The van der Waals surface area contributed by atoms with Gasteiger partial charge in [-0.1, -0.05) is 42.5 Å². The van der Waals surface area contributed by atoms with Crippen molar-refractivity contribution >= 4 is 46.7 Å². The third-order valence-electron chi connectivity index (χ3n) is 7.51. The minimum absolute atomic E-state index is 0.0256. The zero-order valence-electron chi connectivity index (χ0n) is 33.2. The molecule has 16 heteroatoms. The van der Waals surface area contributed by atoms with E-state index in [-0.39, 0.29) is 50.3 Å². The number of alkyl carbamates (subject to hydrolysis) is 1. The summed E-state index contributed by atoms with van der Waals surface area (Å²) in [6, 6.07) is 11.6. The molecule has 0 aliphatic heterocycles. The van der Waals surface area contributed by atoms with Crippen molar-refractivity contribution < 1.29 is 51.9 Å². The lowest BCUT2D eigenvalue weighted by atomic mass is 10.0. The number of amides is 4. The van der Waals surface area contributed by atoms with E-state index in [4.69, 9.17) is 18.9 Å². The number of hydrogen-bond acceptors (Lipinski definition) is 11. The van der Waals surface area contributed by atoms with E-state index in [2.05, 4.69) is 16.0 Å². The fourth-order valence-corrected chi connectivity index (χ4v) is 5.57. The molecule has 304 valence electrons. The lowest BCUT2D eigenvalue weighted by molar-refractivity contribution is -0.155. The molecule has 2 rings (SSSR count). The van der Waals surface area contributed by atoms with Gasteiger partial charge in [-0.25, -0.2) is 9.59 Å². The Hall–Kier alpha value is -4.99. The number of ether oxygens (including phenoxy) is 4. The van der Waals surface area contributed by atoms with E-state index in [0.29, 0.717) is 5.56 Å². The highest BCUT2D eigenvalue weighted by Gasteiger charge is 2.32. The average molecular weight is 789 g/mol. The van der Waals surface area contributed by atoms with Gasteiger partial charge in [0.2, 0.25) is 17.7 Å². The van der Waals surface area contributed by atoms with E-state index in [0.717, 1.165) is 5.56 Å². The molecule has 0 radical (unpaired) electrons. The predicted octanol–water partition coefficient (Wildman–Crippen LogP) is 3.83. The lowest BCUT2D eigenvalue weighted by Gasteiger charge is -2.28. The number of nitrogens with one attached hydrogen (secondary N) is 3. The number of carbonyl (C=O) groups is 6. The molecule has 2 aromatic rings. The van der Waals surface area contributed by atoms with Crippen molar-refractivity contribution in [3.8, 4) is 5.75 Å². The second kappa shape index (κ2) is 21.8. The van der Waals surface area contributed by atoms with E-state index in [1.165, 1.54) is 30.3 Å². The Morgan fingerprint density at radius 3 is 1.85 bits per heavy atom.